The molecule has 0 aromatic carbocycles. The highest BCUT2D eigenvalue weighted by Gasteiger charge is 2.50. The van der Waals surface area contributed by atoms with Crippen LogP contribution in [0.1, 0.15) is 58.8 Å². The highest BCUT2D eigenvalue weighted by atomic mass is 15.0. The van der Waals surface area contributed by atoms with Crippen molar-refractivity contribution in [2.24, 2.45) is 5.41 Å². The van der Waals surface area contributed by atoms with Crippen LogP contribution in [0.15, 0.2) is 0 Å². The summed E-state index contributed by atoms with van der Waals surface area (Å²) in [5, 5.41) is 13.2. The maximum absolute atomic E-state index is 9.50. The average Bonchev–Trinajstić information content (AvgIpc) is 2.76. The van der Waals surface area contributed by atoms with E-state index >= 15 is 0 Å². The molecule has 2 heteroatoms. The minimum absolute atomic E-state index is 0.143. The van der Waals surface area contributed by atoms with Gasteiger partial charge in [-0.1, -0.05) is 26.7 Å². The molecule has 84 valence electrons. The first-order valence-electron chi connectivity index (χ1n) is 6.29. The van der Waals surface area contributed by atoms with E-state index in [4.69, 9.17) is 0 Å². The lowest BCUT2D eigenvalue weighted by atomic mass is 9.75. The van der Waals surface area contributed by atoms with Crippen molar-refractivity contribution < 1.29 is 0 Å². The summed E-state index contributed by atoms with van der Waals surface area (Å²) in [6, 6.07) is 3.18. The number of nitrogens with one attached hydrogen (secondary N) is 1. The van der Waals surface area contributed by atoms with Crippen LogP contribution in [0.25, 0.3) is 0 Å². The third-order valence-corrected chi connectivity index (χ3v) is 4.51. The molecule has 0 amide bonds. The number of hydrogen-bond acceptors (Lipinski definition) is 2. The topological polar surface area (TPSA) is 35.8 Å². The van der Waals surface area contributed by atoms with Gasteiger partial charge in [0.1, 0.15) is 5.54 Å². The van der Waals surface area contributed by atoms with Crippen molar-refractivity contribution in [3.05, 3.63) is 0 Å². The second kappa shape index (κ2) is 3.79. The predicted octanol–water partition coefficient (Wildman–Crippen LogP) is 2.99. The third-order valence-electron chi connectivity index (χ3n) is 4.51. The van der Waals surface area contributed by atoms with Gasteiger partial charge >= 0.3 is 0 Å². The molecule has 2 fully saturated rings. The smallest absolute Gasteiger partial charge is 0.112 e. The molecule has 2 aliphatic carbocycles. The van der Waals surface area contributed by atoms with Gasteiger partial charge in [0.15, 0.2) is 0 Å². The molecule has 0 aromatic heterocycles. The number of rotatable bonds is 2. The predicted molar refractivity (Wildman–Crippen MR) is 61.4 cm³/mol. The van der Waals surface area contributed by atoms with Gasteiger partial charge in [0.25, 0.3) is 0 Å². The summed E-state index contributed by atoms with van der Waals surface area (Å²) in [5.41, 5.74) is -0.105. The van der Waals surface area contributed by atoms with Crippen LogP contribution in [-0.4, -0.2) is 11.6 Å². The van der Waals surface area contributed by atoms with E-state index in [1.54, 1.807) is 0 Å². The zero-order chi connectivity index (χ0) is 10.9. The summed E-state index contributed by atoms with van der Waals surface area (Å²) in [6.45, 7) is 4.48. The second-order valence-electron chi connectivity index (χ2n) is 5.88. The quantitative estimate of drug-likeness (QED) is 0.754. The lowest BCUT2D eigenvalue weighted by Crippen LogP contribution is -2.54. The molecular weight excluding hydrogens is 184 g/mol. The lowest BCUT2D eigenvalue weighted by Gasteiger charge is -2.38. The van der Waals surface area contributed by atoms with Gasteiger partial charge in [-0.3, -0.25) is 5.32 Å². The Labute approximate surface area is 93.0 Å². The monoisotopic (exact) mass is 206 g/mol. The SMILES string of the molecule is CC1(C)CCCC1(C#N)NC1CCCC1. The number of nitrogens with zero attached hydrogens (tertiary/aromatic N) is 1. The van der Waals surface area contributed by atoms with Crippen LogP contribution in [0.4, 0.5) is 0 Å². The van der Waals surface area contributed by atoms with E-state index in [1.807, 2.05) is 0 Å². The van der Waals surface area contributed by atoms with Gasteiger partial charge in [-0.2, -0.15) is 5.26 Å². The summed E-state index contributed by atoms with van der Waals surface area (Å²) >= 11 is 0. The van der Waals surface area contributed by atoms with Crippen molar-refractivity contribution in [3.8, 4) is 6.07 Å². The van der Waals surface area contributed by atoms with Gasteiger partial charge in [-0.15, -0.1) is 0 Å². The Morgan fingerprint density at radius 1 is 1.13 bits per heavy atom. The maximum atomic E-state index is 9.50. The lowest BCUT2D eigenvalue weighted by molar-refractivity contribution is 0.195. The Kier molecular flexibility index (Phi) is 2.77. The highest BCUT2D eigenvalue weighted by molar-refractivity contribution is 5.19. The van der Waals surface area contributed by atoms with Crippen molar-refractivity contribution in [3.63, 3.8) is 0 Å². The second-order valence-corrected chi connectivity index (χ2v) is 5.88. The molecular formula is C13H22N2. The first-order chi connectivity index (χ1) is 7.10. The average molecular weight is 206 g/mol. The largest absolute Gasteiger partial charge is 0.296 e. The first-order valence-corrected chi connectivity index (χ1v) is 6.29. The van der Waals surface area contributed by atoms with Crippen molar-refractivity contribution in [1.29, 1.82) is 5.26 Å². The van der Waals surface area contributed by atoms with Crippen molar-refractivity contribution >= 4 is 0 Å². The molecule has 1 N–H and O–H groups in total. The number of nitriles is 1. The van der Waals surface area contributed by atoms with Crippen LogP contribution in [0.5, 0.6) is 0 Å². The van der Waals surface area contributed by atoms with E-state index in [9.17, 15) is 5.26 Å². The molecule has 1 unspecified atom stereocenters. The third kappa shape index (κ3) is 1.78. The van der Waals surface area contributed by atoms with E-state index in [-0.39, 0.29) is 11.0 Å². The maximum Gasteiger partial charge on any atom is 0.112 e. The summed E-state index contributed by atoms with van der Waals surface area (Å²) in [5.74, 6) is 0. The van der Waals surface area contributed by atoms with E-state index in [0.29, 0.717) is 6.04 Å². The van der Waals surface area contributed by atoms with Gasteiger partial charge in [0, 0.05) is 6.04 Å². The molecule has 2 nitrogen and oxygen atoms in total. The zero-order valence-corrected chi connectivity index (χ0v) is 9.97. The fraction of sp³-hybridized carbons (Fsp3) is 0.923. The molecule has 2 saturated carbocycles. The molecule has 2 rings (SSSR count). The van der Waals surface area contributed by atoms with Gasteiger partial charge < -0.3 is 0 Å². The summed E-state index contributed by atoms with van der Waals surface area (Å²) in [6.07, 6.45) is 8.60. The van der Waals surface area contributed by atoms with Gasteiger partial charge in [0.05, 0.1) is 6.07 Å². The molecule has 0 saturated heterocycles. The molecule has 2 aliphatic rings. The van der Waals surface area contributed by atoms with Crippen LogP contribution >= 0.6 is 0 Å². The van der Waals surface area contributed by atoms with Gasteiger partial charge in [0.2, 0.25) is 0 Å². The molecule has 0 aromatic rings. The minimum atomic E-state index is -0.248. The molecule has 0 spiro atoms. The van der Waals surface area contributed by atoms with E-state index < -0.39 is 0 Å². The van der Waals surface area contributed by atoms with Crippen LogP contribution in [0, 0.1) is 16.7 Å². The first kappa shape index (κ1) is 11.0. The Hall–Kier alpha value is -0.550. The fourth-order valence-corrected chi connectivity index (χ4v) is 3.27. The van der Waals surface area contributed by atoms with Crippen LogP contribution in [0.3, 0.4) is 0 Å². The molecule has 0 bridgehead atoms. The molecule has 0 heterocycles. The Morgan fingerprint density at radius 3 is 2.27 bits per heavy atom. The molecule has 1 atom stereocenters. The van der Waals surface area contributed by atoms with Crippen LogP contribution in [0.2, 0.25) is 0 Å². The molecule has 15 heavy (non-hydrogen) atoms. The van der Waals surface area contributed by atoms with Gasteiger partial charge in [-0.25, -0.2) is 0 Å². The van der Waals surface area contributed by atoms with Crippen molar-refractivity contribution in [1.82, 2.24) is 5.32 Å². The van der Waals surface area contributed by atoms with E-state index in [1.165, 1.54) is 38.5 Å². The van der Waals surface area contributed by atoms with Crippen molar-refractivity contribution in [2.75, 3.05) is 0 Å². The Morgan fingerprint density at radius 2 is 1.80 bits per heavy atom. The molecule has 0 radical (unpaired) electrons. The normalized spacial score (nSPS) is 35.5. The van der Waals surface area contributed by atoms with E-state index in [2.05, 4.69) is 25.2 Å². The highest BCUT2D eigenvalue weighted by Crippen LogP contribution is 2.46. The summed E-state index contributed by atoms with van der Waals surface area (Å²) in [4.78, 5) is 0. The molecule has 0 aliphatic heterocycles. The summed E-state index contributed by atoms with van der Waals surface area (Å²) in [7, 11) is 0. The van der Waals surface area contributed by atoms with Crippen LogP contribution in [-0.2, 0) is 0 Å². The van der Waals surface area contributed by atoms with E-state index in [0.717, 1.165) is 6.42 Å². The number of hydrogen-bond donors (Lipinski definition) is 1. The zero-order valence-electron chi connectivity index (χ0n) is 9.97. The Bertz CT molecular complexity index is 271. The Balaban J connectivity index is 2.11. The standard InChI is InChI=1S/C13H22N2/c1-12(2)8-5-9-13(12,10-14)15-11-6-3-4-7-11/h11,15H,3-9H2,1-2H3. The van der Waals surface area contributed by atoms with Crippen LogP contribution < -0.4 is 5.32 Å². The van der Waals surface area contributed by atoms with Gasteiger partial charge in [-0.05, 0) is 37.5 Å². The minimum Gasteiger partial charge on any atom is -0.296 e. The van der Waals surface area contributed by atoms with Crippen molar-refractivity contribution in [2.45, 2.75) is 70.4 Å². The summed E-state index contributed by atoms with van der Waals surface area (Å²) < 4.78 is 0. The fourth-order valence-electron chi connectivity index (χ4n) is 3.27.